The minimum absolute atomic E-state index is 0.165. The van der Waals surface area contributed by atoms with Gasteiger partial charge in [0, 0.05) is 5.39 Å². The van der Waals surface area contributed by atoms with Gasteiger partial charge in [-0.2, -0.15) is 0 Å². The van der Waals surface area contributed by atoms with E-state index < -0.39 is 0 Å². The van der Waals surface area contributed by atoms with Gasteiger partial charge in [-0.25, -0.2) is 4.39 Å². The van der Waals surface area contributed by atoms with Crippen molar-refractivity contribution in [2.24, 2.45) is 0 Å². The van der Waals surface area contributed by atoms with Crippen molar-refractivity contribution in [2.75, 3.05) is 0 Å². The summed E-state index contributed by atoms with van der Waals surface area (Å²) in [6.45, 7) is 0. The van der Waals surface area contributed by atoms with E-state index in [1.807, 2.05) is 42.5 Å². The van der Waals surface area contributed by atoms with Crippen LogP contribution in [0.1, 0.15) is 0 Å². The number of halogens is 1. The van der Waals surface area contributed by atoms with E-state index in [4.69, 9.17) is 0 Å². The van der Waals surface area contributed by atoms with Crippen LogP contribution in [0, 0.1) is 5.82 Å². The second kappa shape index (κ2) is 4.02. The maximum absolute atomic E-state index is 13.5. The number of hydrogen-bond donors (Lipinski definition) is 0. The Bertz CT molecular complexity index is 657. The summed E-state index contributed by atoms with van der Waals surface area (Å²) < 4.78 is 13.5. The molecule has 3 rings (SSSR count). The first kappa shape index (κ1) is 10.0. The largest absolute Gasteiger partial charge is 0.206 e. The van der Waals surface area contributed by atoms with Gasteiger partial charge in [0.2, 0.25) is 0 Å². The highest BCUT2D eigenvalue weighted by molar-refractivity contribution is 5.87. The van der Waals surface area contributed by atoms with Crippen LogP contribution in [-0.2, 0) is 0 Å². The van der Waals surface area contributed by atoms with Crippen LogP contribution in [0.4, 0.5) is 4.39 Å². The van der Waals surface area contributed by atoms with Crippen molar-refractivity contribution in [3.8, 4) is 11.1 Å². The molecular formula is C16H11F. The maximum atomic E-state index is 13.5. The van der Waals surface area contributed by atoms with Gasteiger partial charge in [0.25, 0.3) is 0 Å². The van der Waals surface area contributed by atoms with Crippen LogP contribution < -0.4 is 0 Å². The summed E-state index contributed by atoms with van der Waals surface area (Å²) >= 11 is 0. The van der Waals surface area contributed by atoms with Gasteiger partial charge >= 0.3 is 0 Å². The highest BCUT2D eigenvalue weighted by atomic mass is 19.1. The Morgan fingerprint density at radius 3 is 2.29 bits per heavy atom. The standard InChI is InChI=1S/C16H11F/c17-16-8-4-7-14-11-13(9-10-15(14)16)12-5-2-1-3-6-12/h1-11H. The third-order valence-corrected chi connectivity index (χ3v) is 2.93. The lowest BCUT2D eigenvalue weighted by Gasteiger charge is -2.04. The molecule has 0 atom stereocenters. The summed E-state index contributed by atoms with van der Waals surface area (Å²) in [6, 6.07) is 21.1. The molecule has 82 valence electrons. The van der Waals surface area contributed by atoms with Gasteiger partial charge < -0.3 is 0 Å². The molecule has 0 fully saturated rings. The Balaban J connectivity index is 2.21. The normalized spacial score (nSPS) is 10.6. The summed E-state index contributed by atoms with van der Waals surface area (Å²) in [5.74, 6) is -0.165. The van der Waals surface area contributed by atoms with Crippen molar-refractivity contribution in [2.45, 2.75) is 0 Å². The van der Waals surface area contributed by atoms with Crippen molar-refractivity contribution in [3.05, 3.63) is 72.5 Å². The molecule has 3 aromatic carbocycles. The average molecular weight is 222 g/mol. The molecule has 0 amide bonds. The molecule has 0 saturated carbocycles. The lowest BCUT2D eigenvalue weighted by molar-refractivity contribution is 0.640. The van der Waals surface area contributed by atoms with Gasteiger partial charge in [-0.05, 0) is 28.6 Å². The second-order valence-corrected chi connectivity index (χ2v) is 4.04. The highest BCUT2D eigenvalue weighted by Gasteiger charge is 2.02. The Labute approximate surface area is 99.3 Å². The number of fused-ring (bicyclic) bond motifs is 1. The molecular weight excluding hydrogens is 211 g/mol. The fourth-order valence-corrected chi connectivity index (χ4v) is 2.05. The highest BCUT2D eigenvalue weighted by Crippen LogP contribution is 2.25. The Morgan fingerprint density at radius 2 is 1.47 bits per heavy atom. The maximum Gasteiger partial charge on any atom is 0.131 e. The molecule has 0 N–H and O–H groups in total. The predicted octanol–water partition coefficient (Wildman–Crippen LogP) is 4.65. The topological polar surface area (TPSA) is 0 Å². The Kier molecular flexibility index (Phi) is 2.37. The SMILES string of the molecule is Fc1cccc2cc(-c3ccccc3)ccc12. The monoisotopic (exact) mass is 222 g/mol. The van der Waals surface area contributed by atoms with E-state index in [2.05, 4.69) is 12.1 Å². The zero-order valence-electron chi connectivity index (χ0n) is 9.23. The fraction of sp³-hybridized carbons (Fsp3) is 0. The first-order valence-electron chi connectivity index (χ1n) is 5.58. The lowest BCUT2D eigenvalue weighted by atomic mass is 10.0. The minimum Gasteiger partial charge on any atom is -0.206 e. The Morgan fingerprint density at radius 1 is 0.647 bits per heavy atom. The van der Waals surface area contributed by atoms with Gasteiger partial charge in [-0.1, -0.05) is 54.6 Å². The fourth-order valence-electron chi connectivity index (χ4n) is 2.05. The number of hydrogen-bond acceptors (Lipinski definition) is 0. The summed E-state index contributed by atoms with van der Waals surface area (Å²) in [5, 5.41) is 1.61. The zero-order chi connectivity index (χ0) is 11.7. The molecule has 0 unspecified atom stereocenters. The van der Waals surface area contributed by atoms with Gasteiger partial charge in [-0.3, -0.25) is 0 Å². The third-order valence-electron chi connectivity index (χ3n) is 2.93. The first-order valence-corrected chi connectivity index (χ1v) is 5.58. The van der Waals surface area contributed by atoms with E-state index >= 15 is 0 Å². The molecule has 0 heterocycles. The van der Waals surface area contributed by atoms with Crippen molar-refractivity contribution in [3.63, 3.8) is 0 Å². The van der Waals surface area contributed by atoms with Crippen molar-refractivity contribution in [1.29, 1.82) is 0 Å². The van der Waals surface area contributed by atoms with E-state index in [1.54, 1.807) is 6.07 Å². The number of benzene rings is 3. The molecule has 17 heavy (non-hydrogen) atoms. The molecule has 1 heteroatoms. The summed E-state index contributed by atoms with van der Waals surface area (Å²) in [6.07, 6.45) is 0. The van der Waals surface area contributed by atoms with E-state index in [-0.39, 0.29) is 5.82 Å². The summed E-state index contributed by atoms with van der Waals surface area (Å²) in [7, 11) is 0. The molecule has 0 aromatic heterocycles. The predicted molar refractivity (Wildman–Crippen MR) is 69.3 cm³/mol. The van der Waals surface area contributed by atoms with E-state index in [1.165, 1.54) is 6.07 Å². The molecule has 0 spiro atoms. The lowest BCUT2D eigenvalue weighted by Crippen LogP contribution is -1.81. The van der Waals surface area contributed by atoms with Gasteiger partial charge in [-0.15, -0.1) is 0 Å². The van der Waals surface area contributed by atoms with Gasteiger partial charge in [0.15, 0.2) is 0 Å². The van der Waals surface area contributed by atoms with E-state index in [0.29, 0.717) is 5.39 Å². The Hall–Kier alpha value is -2.15. The second-order valence-electron chi connectivity index (χ2n) is 4.04. The molecule has 0 aliphatic heterocycles. The number of rotatable bonds is 1. The van der Waals surface area contributed by atoms with Crippen LogP contribution in [0.3, 0.4) is 0 Å². The van der Waals surface area contributed by atoms with Crippen molar-refractivity contribution < 1.29 is 4.39 Å². The van der Waals surface area contributed by atoms with Crippen LogP contribution in [-0.4, -0.2) is 0 Å². The van der Waals surface area contributed by atoms with Crippen LogP contribution in [0.5, 0.6) is 0 Å². The van der Waals surface area contributed by atoms with Crippen LogP contribution >= 0.6 is 0 Å². The average Bonchev–Trinajstić information content (AvgIpc) is 2.40. The van der Waals surface area contributed by atoms with Crippen LogP contribution in [0.15, 0.2) is 66.7 Å². The molecule has 3 aromatic rings. The van der Waals surface area contributed by atoms with Gasteiger partial charge in [0.05, 0.1) is 0 Å². The molecule has 0 radical (unpaired) electrons. The quantitative estimate of drug-likeness (QED) is 0.562. The minimum atomic E-state index is -0.165. The van der Waals surface area contributed by atoms with E-state index in [0.717, 1.165) is 16.5 Å². The molecule has 0 aliphatic carbocycles. The first-order chi connectivity index (χ1) is 8.34. The molecule has 0 saturated heterocycles. The van der Waals surface area contributed by atoms with E-state index in [9.17, 15) is 4.39 Å². The molecule has 0 aliphatic rings. The van der Waals surface area contributed by atoms with Crippen molar-refractivity contribution >= 4 is 10.8 Å². The third kappa shape index (κ3) is 1.80. The smallest absolute Gasteiger partial charge is 0.131 e. The molecule has 0 nitrogen and oxygen atoms in total. The summed E-state index contributed by atoms with van der Waals surface area (Å²) in [5.41, 5.74) is 2.27. The van der Waals surface area contributed by atoms with Crippen molar-refractivity contribution in [1.82, 2.24) is 0 Å². The van der Waals surface area contributed by atoms with Crippen LogP contribution in [0.25, 0.3) is 21.9 Å². The van der Waals surface area contributed by atoms with Crippen LogP contribution in [0.2, 0.25) is 0 Å². The molecule has 0 bridgehead atoms. The zero-order valence-corrected chi connectivity index (χ0v) is 9.23. The van der Waals surface area contributed by atoms with Gasteiger partial charge in [0.1, 0.15) is 5.82 Å². The summed E-state index contributed by atoms with van der Waals surface area (Å²) in [4.78, 5) is 0.